The summed E-state index contributed by atoms with van der Waals surface area (Å²) in [7, 11) is -2.40. The van der Waals surface area contributed by atoms with Crippen molar-refractivity contribution in [3.63, 3.8) is 0 Å². The van der Waals surface area contributed by atoms with Crippen LogP contribution in [0.3, 0.4) is 0 Å². The minimum atomic E-state index is -2.40. The average Bonchev–Trinajstić information content (AvgIpc) is 3.27. The van der Waals surface area contributed by atoms with E-state index in [0.717, 1.165) is 29.3 Å². The molecule has 0 aromatic heterocycles. The van der Waals surface area contributed by atoms with Crippen LogP contribution in [-0.2, 0) is 10.8 Å². The first-order chi connectivity index (χ1) is 20.8. The molecule has 0 fully saturated rings. The molecule has 0 bridgehead atoms. The Morgan fingerprint density at radius 3 is 2.16 bits per heavy atom. The Hall–Kier alpha value is -2.29. The molecule has 1 nitrogen and oxygen atoms in total. The molecule has 1 unspecified atom stereocenters. The van der Waals surface area contributed by atoms with Crippen LogP contribution in [-0.4, -0.2) is 14.7 Å². The number of hydrogen-bond acceptors (Lipinski definition) is 1. The Morgan fingerprint density at radius 2 is 1.58 bits per heavy atom. The van der Waals surface area contributed by atoms with E-state index in [1.807, 2.05) is 6.08 Å². The summed E-state index contributed by atoms with van der Waals surface area (Å²) < 4.78 is 6.58. The summed E-state index contributed by atoms with van der Waals surface area (Å²) in [5, 5.41) is 4.96. The molecule has 0 spiro atoms. The molecule has 0 saturated carbocycles. The monoisotopic (exact) mass is 640 g/mol. The van der Waals surface area contributed by atoms with Gasteiger partial charge in [-0.3, -0.25) is 0 Å². The van der Waals surface area contributed by atoms with Gasteiger partial charge < -0.3 is 4.74 Å². The van der Waals surface area contributed by atoms with Gasteiger partial charge in [0.25, 0.3) is 0 Å². The maximum absolute atomic E-state index is 7.25. The van der Waals surface area contributed by atoms with Crippen molar-refractivity contribution in [2.75, 3.05) is 6.61 Å². The van der Waals surface area contributed by atoms with Crippen LogP contribution in [0.1, 0.15) is 107 Å². The van der Waals surface area contributed by atoms with Gasteiger partial charge in [-0.25, -0.2) is 0 Å². The van der Waals surface area contributed by atoms with Crippen LogP contribution in [0, 0.1) is 10.8 Å². The summed E-state index contributed by atoms with van der Waals surface area (Å²) in [6, 6.07) is 14.2. The molecule has 3 aliphatic carbocycles. The topological polar surface area (TPSA) is 9.23 Å². The third-order valence-corrected chi connectivity index (χ3v) is 17.0. The van der Waals surface area contributed by atoms with Crippen molar-refractivity contribution in [2.24, 2.45) is 10.8 Å². The molecule has 0 radical (unpaired) electrons. The molecule has 2 aromatic carbocycles. The van der Waals surface area contributed by atoms with E-state index < -0.39 is 8.07 Å². The van der Waals surface area contributed by atoms with Crippen LogP contribution in [0.5, 0.6) is 5.75 Å². The predicted octanol–water partition coefficient (Wildman–Crippen LogP) is 10.3. The maximum Gasteiger partial charge on any atom is 0.137 e. The van der Waals surface area contributed by atoms with E-state index in [1.165, 1.54) is 33.2 Å². The van der Waals surface area contributed by atoms with Crippen LogP contribution < -0.4 is 20.4 Å². The number of rotatable bonds is 7. The highest BCUT2D eigenvalue weighted by molar-refractivity contribution is 6.95. The Bertz CT molecular complexity index is 1710. The van der Waals surface area contributed by atoms with Gasteiger partial charge in [-0.2, -0.15) is 0 Å². The van der Waals surface area contributed by atoms with Gasteiger partial charge in [0, 0.05) is 11.0 Å². The van der Waals surface area contributed by atoms with Gasteiger partial charge >= 0.3 is 0 Å². The quantitative estimate of drug-likeness (QED) is 0.216. The van der Waals surface area contributed by atoms with Crippen molar-refractivity contribution in [2.45, 2.75) is 124 Å². The van der Waals surface area contributed by atoms with E-state index >= 15 is 0 Å². The molecule has 0 aliphatic heterocycles. The first kappa shape index (κ1) is 34.1. The zero-order valence-corrected chi connectivity index (χ0v) is 32.0. The normalized spacial score (nSPS) is 20.6. The Morgan fingerprint density at radius 1 is 0.933 bits per heavy atom. The zero-order valence-electron chi connectivity index (χ0n) is 30.2. The van der Waals surface area contributed by atoms with E-state index in [4.69, 9.17) is 16.3 Å². The van der Waals surface area contributed by atoms with E-state index in [9.17, 15) is 0 Å². The average molecular weight is 641 g/mol. The minimum absolute atomic E-state index is 0.0313. The fourth-order valence-electron chi connectivity index (χ4n) is 8.48. The summed E-state index contributed by atoms with van der Waals surface area (Å²) in [4.78, 5) is 0. The largest absolute Gasteiger partial charge is 0.488 e. The summed E-state index contributed by atoms with van der Waals surface area (Å²) >= 11 is 7.25. The number of fused-ring (bicyclic) bond motifs is 3. The Balaban J connectivity index is 1.98. The fourth-order valence-corrected chi connectivity index (χ4v) is 14.0. The summed E-state index contributed by atoms with van der Waals surface area (Å²) in [6.07, 6.45) is 9.41. The molecule has 0 saturated heterocycles. The summed E-state index contributed by atoms with van der Waals surface area (Å²) in [5.74, 6) is 0.886. The minimum Gasteiger partial charge on any atom is -0.488 e. The van der Waals surface area contributed by atoms with Gasteiger partial charge in [0.1, 0.15) is 20.4 Å². The second-order valence-electron chi connectivity index (χ2n) is 17.3. The lowest BCUT2D eigenvalue weighted by Gasteiger charge is -2.43. The van der Waals surface area contributed by atoms with Gasteiger partial charge in [0.2, 0.25) is 0 Å². The first-order valence-corrected chi connectivity index (χ1v) is 20.1. The summed E-state index contributed by atoms with van der Waals surface area (Å²) in [5.41, 5.74) is 9.59. The Kier molecular flexibility index (Phi) is 8.66. The molecule has 3 heteroatoms. The molecular weight excluding hydrogens is 584 g/mol. The van der Waals surface area contributed by atoms with Gasteiger partial charge in [-0.15, -0.1) is 0 Å². The third kappa shape index (κ3) is 5.78. The molecule has 0 N–H and O–H groups in total. The number of hydrogen-bond donors (Lipinski definition) is 0. The van der Waals surface area contributed by atoms with Gasteiger partial charge in [0.05, 0.1) is 5.02 Å². The van der Waals surface area contributed by atoms with Gasteiger partial charge in [0.15, 0.2) is 0 Å². The van der Waals surface area contributed by atoms with Crippen molar-refractivity contribution in [3.8, 4) is 5.75 Å². The number of ether oxygens (including phenoxy) is 1. The molecule has 45 heavy (non-hydrogen) atoms. The lowest BCUT2D eigenvalue weighted by atomic mass is 9.72. The lowest BCUT2D eigenvalue weighted by Crippen LogP contribution is -2.54. The fraction of sp³-hybridized carbons (Fsp3) is 0.524. The third-order valence-electron chi connectivity index (χ3n) is 11.1. The van der Waals surface area contributed by atoms with Crippen molar-refractivity contribution < 1.29 is 4.74 Å². The predicted molar refractivity (Wildman–Crippen MR) is 200 cm³/mol. The molecule has 1 atom stereocenters. The van der Waals surface area contributed by atoms with Gasteiger partial charge in [-0.1, -0.05) is 156 Å². The second kappa shape index (κ2) is 11.4. The highest BCUT2D eigenvalue weighted by Gasteiger charge is 2.54. The van der Waals surface area contributed by atoms with Crippen LogP contribution in [0.25, 0.3) is 11.6 Å². The smallest absolute Gasteiger partial charge is 0.137 e. The molecular formula is C42H57ClOSi. The second-order valence-corrected chi connectivity index (χ2v) is 22.5. The van der Waals surface area contributed by atoms with Crippen molar-refractivity contribution >= 4 is 36.5 Å². The van der Waals surface area contributed by atoms with Crippen molar-refractivity contribution in [1.29, 1.82) is 0 Å². The number of halogens is 1. The van der Waals surface area contributed by atoms with E-state index in [1.54, 1.807) is 22.3 Å². The molecule has 242 valence electrons. The van der Waals surface area contributed by atoms with Crippen molar-refractivity contribution in [1.82, 2.24) is 0 Å². The molecule has 5 rings (SSSR count). The lowest BCUT2D eigenvalue weighted by molar-refractivity contribution is 0.365. The van der Waals surface area contributed by atoms with Gasteiger partial charge in [-0.05, 0) is 84.2 Å². The molecule has 2 aromatic rings. The highest BCUT2D eigenvalue weighted by atomic mass is 35.5. The van der Waals surface area contributed by atoms with Crippen LogP contribution in [0.4, 0.5) is 0 Å². The van der Waals surface area contributed by atoms with E-state index in [2.05, 4.69) is 132 Å². The molecule has 0 heterocycles. The summed E-state index contributed by atoms with van der Waals surface area (Å²) in [6.45, 7) is 33.0. The Labute approximate surface area is 280 Å². The highest BCUT2D eigenvalue weighted by Crippen LogP contribution is 2.62. The first-order valence-electron chi connectivity index (χ1n) is 17.2. The van der Waals surface area contributed by atoms with Crippen LogP contribution in [0.2, 0.25) is 22.7 Å². The standard InChI is InChI=1S/C42H57ClOSi/c1-14-21-44-37-33(43)23-29(40(7,8)9)24-34(37)45(15-2,16-3)38-32-26-41(10,11)20-19-30(32)36-35(38)31-22-28(39(4,5)6)18-17-27(31)25-42(36,12)13/h14,17-18,22-26,38H,1,15-16,19-21H2,2-13H3. The van der Waals surface area contributed by atoms with E-state index in [0.29, 0.717) is 12.1 Å². The maximum atomic E-state index is 7.25. The van der Waals surface area contributed by atoms with Crippen molar-refractivity contribution in [3.05, 3.63) is 92.4 Å². The molecule has 3 aliphatic rings. The number of allylic oxidation sites excluding steroid dienone is 4. The SMILES string of the molecule is C=CCOc1c(Cl)cc(C(C)(C)C)cc1[Si](CC)(CC)C1C2=CC(C)(C)CCC2=C2C1=c1cc(C(C)(C)C)ccc1=CC2(C)C. The number of benzene rings is 2. The zero-order chi connectivity index (χ0) is 33.3. The van der Waals surface area contributed by atoms with E-state index in [-0.39, 0.29) is 21.7 Å². The molecule has 0 amide bonds. The van der Waals surface area contributed by atoms with Crippen LogP contribution >= 0.6 is 11.6 Å². The van der Waals surface area contributed by atoms with Crippen LogP contribution in [0.15, 0.2) is 65.8 Å².